The second-order valence-electron chi connectivity index (χ2n) is 4.77. The second-order valence-corrected chi connectivity index (χ2v) is 6.82. The molecule has 1 N–H and O–H groups in total. The number of hydrogen-bond acceptors (Lipinski definition) is 9. The number of anilines is 1. The molecule has 3 rings (SSSR count). The summed E-state index contributed by atoms with van der Waals surface area (Å²) in [7, 11) is 1.52. The number of carbonyl (C=O) groups excluding carboxylic acids is 1. The molecule has 11 heteroatoms. The van der Waals surface area contributed by atoms with E-state index in [0.717, 1.165) is 22.7 Å². The van der Waals surface area contributed by atoms with Crippen molar-refractivity contribution < 1.29 is 14.5 Å². The zero-order valence-electron chi connectivity index (χ0n) is 13.3. The molecule has 3 aromatic rings. The minimum absolute atomic E-state index is 0.0370. The number of aliphatic imine (C=N–C) groups is 1. The molecule has 2 heterocycles. The van der Waals surface area contributed by atoms with Gasteiger partial charge in [-0.2, -0.15) is 0 Å². The normalized spacial score (nSPS) is 10.8. The van der Waals surface area contributed by atoms with E-state index in [9.17, 15) is 14.9 Å². The Hall–Kier alpha value is -3.18. The molecule has 0 saturated heterocycles. The fourth-order valence-corrected chi connectivity index (χ4v) is 3.16. The number of nitrogens with zero attached hydrogens (tertiary/aromatic N) is 4. The van der Waals surface area contributed by atoms with E-state index < -0.39 is 4.92 Å². The average molecular weight is 389 g/mol. The predicted octanol–water partition coefficient (Wildman–Crippen LogP) is 3.52. The molecule has 0 radical (unpaired) electrons. The molecule has 1 aromatic carbocycles. The summed E-state index contributed by atoms with van der Waals surface area (Å²) in [6.07, 6.45) is 1.46. The third kappa shape index (κ3) is 4.26. The number of methoxy groups -OCH3 is 1. The molecule has 0 aliphatic heterocycles. The van der Waals surface area contributed by atoms with Crippen LogP contribution in [0.25, 0.3) is 0 Å². The highest BCUT2D eigenvalue weighted by Crippen LogP contribution is 2.26. The van der Waals surface area contributed by atoms with Gasteiger partial charge in [0.05, 0.1) is 16.9 Å². The first-order valence-corrected chi connectivity index (χ1v) is 8.75. The van der Waals surface area contributed by atoms with Gasteiger partial charge in [0.2, 0.25) is 10.3 Å². The molecule has 0 spiro atoms. The van der Waals surface area contributed by atoms with Gasteiger partial charge in [0.15, 0.2) is 0 Å². The van der Waals surface area contributed by atoms with E-state index in [2.05, 4.69) is 20.5 Å². The molecule has 132 valence electrons. The van der Waals surface area contributed by atoms with Gasteiger partial charge in [0.25, 0.3) is 5.91 Å². The van der Waals surface area contributed by atoms with E-state index in [-0.39, 0.29) is 10.9 Å². The smallest absolute Gasteiger partial charge is 0.324 e. The standard InChI is InChI=1S/C15H11N5O4S2/c1-24-10-4-2-3-9(7-10)13(21)17-15-19-18-14(26-15)16-8-11-5-6-12(25-11)20(22)23/h2-8H,1H3,(H,17,19,21)/b16-8+. The highest BCUT2D eigenvalue weighted by Gasteiger charge is 2.11. The first-order valence-electron chi connectivity index (χ1n) is 7.12. The molecular weight excluding hydrogens is 378 g/mol. The van der Waals surface area contributed by atoms with E-state index in [1.54, 1.807) is 30.3 Å². The van der Waals surface area contributed by atoms with E-state index >= 15 is 0 Å². The van der Waals surface area contributed by atoms with Gasteiger partial charge >= 0.3 is 5.00 Å². The maximum absolute atomic E-state index is 12.2. The lowest BCUT2D eigenvalue weighted by Gasteiger charge is -2.03. The number of thiophene rings is 1. The minimum atomic E-state index is -0.459. The molecule has 26 heavy (non-hydrogen) atoms. The van der Waals surface area contributed by atoms with Crippen molar-refractivity contribution >= 4 is 50.1 Å². The fraction of sp³-hybridized carbons (Fsp3) is 0.0667. The van der Waals surface area contributed by atoms with Crippen LogP contribution in [0.15, 0.2) is 41.4 Å². The minimum Gasteiger partial charge on any atom is -0.497 e. The number of nitrogens with one attached hydrogen (secondary N) is 1. The van der Waals surface area contributed by atoms with Crippen LogP contribution in [0.4, 0.5) is 15.3 Å². The Kier molecular flexibility index (Phi) is 5.29. The third-order valence-electron chi connectivity index (χ3n) is 3.06. The van der Waals surface area contributed by atoms with Gasteiger partial charge in [-0.15, -0.1) is 10.2 Å². The summed E-state index contributed by atoms with van der Waals surface area (Å²) < 4.78 is 5.08. The predicted molar refractivity (Wildman–Crippen MR) is 99.1 cm³/mol. The van der Waals surface area contributed by atoms with Gasteiger partial charge in [-0.05, 0) is 24.3 Å². The summed E-state index contributed by atoms with van der Waals surface area (Å²) in [5, 5.41) is 21.7. The van der Waals surface area contributed by atoms with Crippen molar-refractivity contribution in [3.8, 4) is 5.75 Å². The van der Waals surface area contributed by atoms with Crippen LogP contribution < -0.4 is 10.1 Å². The summed E-state index contributed by atoms with van der Waals surface area (Å²) in [6, 6.07) is 9.72. The SMILES string of the molecule is COc1cccc(C(=O)Nc2nnc(/N=C/c3ccc([N+](=O)[O-])s3)s2)c1. The summed E-state index contributed by atoms with van der Waals surface area (Å²) in [4.78, 5) is 27.1. The molecule has 0 aliphatic rings. The van der Waals surface area contributed by atoms with Crippen LogP contribution in [0, 0.1) is 10.1 Å². The topological polar surface area (TPSA) is 120 Å². The van der Waals surface area contributed by atoms with Crippen LogP contribution in [0.1, 0.15) is 15.2 Å². The largest absolute Gasteiger partial charge is 0.497 e. The quantitative estimate of drug-likeness (QED) is 0.391. The van der Waals surface area contributed by atoms with E-state index in [1.807, 2.05) is 0 Å². The zero-order chi connectivity index (χ0) is 18.5. The summed E-state index contributed by atoms with van der Waals surface area (Å²) >= 11 is 2.09. The van der Waals surface area contributed by atoms with Crippen LogP contribution in [0.3, 0.4) is 0 Å². The monoisotopic (exact) mass is 389 g/mol. The number of ether oxygens (including phenoxy) is 1. The van der Waals surface area contributed by atoms with Gasteiger partial charge in [0.1, 0.15) is 5.75 Å². The van der Waals surface area contributed by atoms with Crippen molar-refractivity contribution in [3.63, 3.8) is 0 Å². The van der Waals surface area contributed by atoms with Crippen LogP contribution in [0.5, 0.6) is 5.75 Å². The summed E-state index contributed by atoms with van der Waals surface area (Å²) in [5.41, 5.74) is 0.426. The van der Waals surface area contributed by atoms with Gasteiger partial charge in [-0.3, -0.25) is 20.2 Å². The molecular formula is C15H11N5O4S2. The number of aromatic nitrogens is 2. The van der Waals surface area contributed by atoms with Crippen molar-refractivity contribution in [2.75, 3.05) is 12.4 Å². The molecule has 9 nitrogen and oxygen atoms in total. The van der Waals surface area contributed by atoms with E-state index in [1.165, 1.54) is 19.4 Å². The molecule has 0 aliphatic carbocycles. The molecule has 0 atom stereocenters. The van der Waals surface area contributed by atoms with Crippen molar-refractivity contribution in [1.29, 1.82) is 0 Å². The highest BCUT2D eigenvalue weighted by molar-refractivity contribution is 7.19. The number of carbonyl (C=O) groups is 1. The molecule has 0 bridgehead atoms. The number of amides is 1. The molecule has 0 saturated carbocycles. The van der Waals surface area contributed by atoms with Gasteiger partial charge < -0.3 is 4.74 Å². The average Bonchev–Trinajstić information content (AvgIpc) is 3.29. The Morgan fingerprint density at radius 2 is 2.15 bits per heavy atom. The van der Waals surface area contributed by atoms with E-state index in [4.69, 9.17) is 4.74 Å². The fourth-order valence-electron chi connectivity index (χ4n) is 1.88. The molecule has 0 unspecified atom stereocenters. The van der Waals surface area contributed by atoms with Gasteiger partial charge in [-0.25, -0.2) is 4.99 Å². The van der Waals surface area contributed by atoms with Gasteiger partial charge in [-0.1, -0.05) is 28.7 Å². The van der Waals surface area contributed by atoms with E-state index in [0.29, 0.717) is 26.5 Å². The molecule has 2 aromatic heterocycles. The van der Waals surface area contributed by atoms with Crippen LogP contribution in [0.2, 0.25) is 0 Å². The summed E-state index contributed by atoms with van der Waals surface area (Å²) in [6.45, 7) is 0. The van der Waals surface area contributed by atoms with Gasteiger partial charge in [0, 0.05) is 17.8 Å². The first-order chi connectivity index (χ1) is 12.5. The number of rotatable bonds is 6. The Morgan fingerprint density at radius 1 is 1.31 bits per heavy atom. The molecule has 0 fully saturated rings. The first kappa shape index (κ1) is 17.6. The number of hydrogen-bond donors (Lipinski definition) is 1. The Labute approximate surface area is 155 Å². The Balaban J connectivity index is 1.66. The second kappa shape index (κ2) is 7.80. The maximum atomic E-state index is 12.2. The van der Waals surface area contributed by atoms with Crippen LogP contribution >= 0.6 is 22.7 Å². The highest BCUT2D eigenvalue weighted by atomic mass is 32.1. The third-order valence-corrected chi connectivity index (χ3v) is 4.78. The number of nitro groups is 1. The van der Waals surface area contributed by atoms with Crippen molar-refractivity contribution in [2.24, 2.45) is 4.99 Å². The number of benzene rings is 1. The Bertz CT molecular complexity index is 982. The van der Waals surface area contributed by atoms with Crippen molar-refractivity contribution in [1.82, 2.24) is 10.2 Å². The van der Waals surface area contributed by atoms with Crippen LogP contribution in [-0.2, 0) is 0 Å². The van der Waals surface area contributed by atoms with Crippen molar-refractivity contribution in [3.05, 3.63) is 57.0 Å². The lowest BCUT2D eigenvalue weighted by atomic mass is 10.2. The Morgan fingerprint density at radius 3 is 2.88 bits per heavy atom. The van der Waals surface area contributed by atoms with Crippen molar-refractivity contribution in [2.45, 2.75) is 0 Å². The van der Waals surface area contributed by atoms with Crippen LogP contribution in [-0.4, -0.2) is 34.4 Å². The lowest BCUT2D eigenvalue weighted by Crippen LogP contribution is -2.11. The summed E-state index contributed by atoms with van der Waals surface area (Å²) in [5.74, 6) is 0.231. The maximum Gasteiger partial charge on any atom is 0.324 e. The zero-order valence-corrected chi connectivity index (χ0v) is 14.9. The lowest BCUT2D eigenvalue weighted by molar-refractivity contribution is -0.380. The molecule has 1 amide bonds.